The van der Waals surface area contributed by atoms with E-state index in [-0.39, 0.29) is 4.08 Å². The van der Waals surface area contributed by atoms with Crippen LogP contribution in [0.2, 0.25) is 0 Å². The van der Waals surface area contributed by atoms with Gasteiger partial charge in [-0.15, -0.1) is 35.3 Å². The van der Waals surface area contributed by atoms with Crippen molar-refractivity contribution in [1.82, 2.24) is 0 Å². The molecule has 0 amide bonds. The van der Waals surface area contributed by atoms with Gasteiger partial charge in [0.1, 0.15) is 4.08 Å². The van der Waals surface area contributed by atoms with Gasteiger partial charge in [-0.25, -0.2) is 0 Å². The highest BCUT2D eigenvalue weighted by Crippen LogP contribution is 2.52. The number of benzene rings is 2. The molecule has 0 unspecified atom stereocenters. The molecule has 2 aromatic carbocycles. The molecule has 0 spiro atoms. The topological polar surface area (TPSA) is 0 Å². The Hall–Kier alpha value is -0.510. The predicted octanol–water partition coefficient (Wildman–Crippen LogP) is 7.51. The Kier molecular flexibility index (Phi) is 8.31. The summed E-state index contributed by atoms with van der Waals surface area (Å²) >= 11 is 6.06. The standard InChI is InChI=1S/C22H30S3/c1-6-13-23-21-11-9-19(10-12-21)22(24-7-2,25-8-3)20-15-17(4)14-18(5)16-20/h9-12,14-16H,6-8,13H2,1-5H3. The summed E-state index contributed by atoms with van der Waals surface area (Å²) < 4.78 is -0.0196. The Bertz CT molecular complexity index is 635. The van der Waals surface area contributed by atoms with Crippen LogP contribution in [0.15, 0.2) is 47.4 Å². The highest BCUT2D eigenvalue weighted by Gasteiger charge is 2.34. The van der Waals surface area contributed by atoms with Crippen LogP contribution in [0.25, 0.3) is 0 Å². The molecule has 0 saturated carbocycles. The van der Waals surface area contributed by atoms with Crippen LogP contribution in [0, 0.1) is 13.8 Å². The number of hydrogen-bond acceptors (Lipinski definition) is 3. The average Bonchev–Trinajstić information content (AvgIpc) is 2.59. The van der Waals surface area contributed by atoms with E-state index < -0.39 is 0 Å². The van der Waals surface area contributed by atoms with E-state index in [1.807, 2.05) is 11.8 Å². The summed E-state index contributed by atoms with van der Waals surface area (Å²) in [5.74, 6) is 3.40. The minimum atomic E-state index is -0.0196. The van der Waals surface area contributed by atoms with Gasteiger partial charge in [-0.2, -0.15) is 0 Å². The van der Waals surface area contributed by atoms with E-state index >= 15 is 0 Å². The molecule has 0 nitrogen and oxygen atoms in total. The summed E-state index contributed by atoms with van der Waals surface area (Å²) in [4.78, 5) is 1.38. The van der Waals surface area contributed by atoms with Crippen molar-refractivity contribution in [3.8, 4) is 0 Å². The van der Waals surface area contributed by atoms with E-state index in [1.54, 1.807) is 0 Å². The van der Waals surface area contributed by atoms with Gasteiger partial charge >= 0.3 is 0 Å². The number of thioether (sulfide) groups is 3. The van der Waals surface area contributed by atoms with Crippen LogP contribution in [-0.4, -0.2) is 17.3 Å². The minimum Gasteiger partial charge on any atom is -0.135 e. The third kappa shape index (κ3) is 5.24. The molecule has 0 aliphatic heterocycles. The number of hydrogen-bond donors (Lipinski definition) is 0. The second-order valence-electron chi connectivity index (χ2n) is 6.23. The van der Waals surface area contributed by atoms with Crippen LogP contribution in [0.5, 0.6) is 0 Å². The van der Waals surface area contributed by atoms with Gasteiger partial charge in [0.15, 0.2) is 0 Å². The van der Waals surface area contributed by atoms with Gasteiger partial charge < -0.3 is 0 Å². The van der Waals surface area contributed by atoms with Crippen LogP contribution in [0.4, 0.5) is 0 Å². The molecule has 0 aliphatic carbocycles. The Morgan fingerprint density at radius 2 is 1.32 bits per heavy atom. The molecule has 0 fully saturated rings. The van der Waals surface area contributed by atoms with Crippen LogP contribution >= 0.6 is 35.3 Å². The molecule has 25 heavy (non-hydrogen) atoms. The lowest BCUT2D eigenvalue weighted by atomic mass is 9.99. The zero-order valence-corrected chi connectivity index (χ0v) is 18.5. The first-order valence-corrected chi connectivity index (χ1v) is 12.1. The van der Waals surface area contributed by atoms with E-state index in [0.717, 1.165) is 11.5 Å². The van der Waals surface area contributed by atoms with E-state index in [0.29, 0.717) is 0 Å². The van der Waals surface area contributed by atoms with Crippen LogP contribution in [-0.2, 0) is 4.08 Å². The average molecular weight is 391 g/mol. The monoisotopic (exact) mass is 390 g/mol. The maximum Gasteiger partial charge on any atom is 0.111 e. The first-order chi connectivity index (χ1) is 12.1. The van der Waals surface area contributed by atoms with Gasteiger partial charge in [0, 0.05) is 4.90 Å². The van der Waals surface area contributed by atoms with E-state index in [4.69, 9.17) is 0 Å². The SMILES string of the molecule is CCCSc1ccc(C(SCC)(SCC)c2cc(C)cc(C)c2)cc1. The smallest absolute Gasteiger partial charge is 0.111 e. The summed E-state index contributed by atoms with van der Waals surface area (Å²) in [7, 11) is 0. The van der Waals surface area contributed by atoms with Gasteiger partial charge in [-0.05, 0) is 60.8 Å². The minimum absolute atomic E-state index is 0.0196. The molecule has 3 heteroatoms. The molecule has 0 heterocycles. The number of aryl methyl sites for hydroxylation is 2. The summed E-state index contributed by atoms with van der Waals surface area (Å²) in [5.41, 5.74) is 5.54. The highest BCUT2D eigenvalue weighted by atomic mass is 32.2. The largest absolute Gasteiger partial charge is 0.135 e. The third-order valence-corrected chi connectivity index (χ3v) is 8.26. The normalized spacial score (nSPS) is 11.7. The highest BCUT2D eigenvalue weighted by molar-refractivity contribution is 8.17. The van der Waals surface area contributed by atoms with Crippen molar-refractivity contribution < 1.29 is 0 Å². The van der Waals surface area contributed by atoms with Crippen LogP contribution < -0.4 is 0 Å². The molecule has 0 saturated heterocycles. The van der Waals surface area contributed by atoms with Crippen molar-refractivity contribution in [3.63, 3.8) is 0 Å². The Morgan fingerprint density at radius 1 is 0.760 bits per heavy atom. The second-order valence-corrected chi connectivity index (χ2v) is 10.6. The van der Waals surface area contributed by atoms with Crippen LogP contribution in [0.3, 0.4) is 0 Å². The molecule has 0 atom stereocenters. The van der Waals surface area contributed by atoms with Gasteiger partial charge in [-0.1, -0.05) is 62.2 Å². The molecule has 0 N–H and O–H groups in total. The molecule has 2 rings (SSSR count). The first-order valence-electron chi connectivity index (χ1n) is 9.15. The lowest BCUT2D eigenvalue weighted by molar-refractivity contribution is 1.05. The molecule has 0 aliphatic rings. The molecule has 2 aromatic rings. The van der Waals surface area contributed by atoms with Gasteiger partial charge in [0.05, 0.1) is 0 Å². The fourth-order valence-electron chi connectivity index (χ4n) is 3.10. The molecule has 0 aromatic heterocycles. The fourth-order valence-corrected chi connectivity index (χ4v) is 6.90. The molecular weight excluding hydrogens is 360 g/mol. The van der Waals surface area contributed by atoms with Crippen molar-refractivity contribution in [1.29, 1.82) is 0 Å². The van der Waals surface area contributed by atoms with Crippen molar-refractivity contribution in [2.75, 3.05) is 17.3 Å². The maximum absolute atomic E-state index is 2.37. The van der Waals surface area contributed by atoms with Gasteiger partial charge in [0.2, 0.25) is 0 Å². The molecule has 136 valence electrons. The summed E-state index contributed by atoms with van der Waals surface area (Å²) in [6.07, 6.45) is 1.22. The third-order valence-electron chi connectivity index (χ3n) is 4.00. The predicted molar refractivity (Wildman–Crippen MR) is 120 cm³/mol. The second kappa shape index (κ2) is 9.99. The summed E-state index contributed by atoms with van der Waals surface area (Å²) in [6, 6.07) is 16.3. The van der Waals surface area contributed by atoms with Crippen molar-refractivity contribution in [3.05, 3.63) is 64.7 Å². The molecular formula is C22H30S3. The van der Waals surface area contributed by atoms with Crippen molar-refractivity contribution >= 4 is 35.3 Å². The van der Waals surface area contributed by atoms with E-state index in [2.05, 4.69) is 101 Å². The lowest BCUT2D eigenvalue weighted by Gasteiger charge is -2.34. The van der Waals surface area contributed by atoms with Gasteiger partial charge in [-0.3, -0.25) is 0 Å². The van der Waals surface area contributed by atoms with E-state index in [9.17, 15) is 0 Å². The van der Waals surface area contributed by atoms with Gasteiger partial charge in [0.25, 0.3) is 0 Å². The zero-order chi connectivity index (χ0) is 18.3. The van der Waals surface area contributed by atoms with Crippen molar-refractivity contribution in [2.24, 2.45) is 0 Å². The van der Waals surface area contributed by atoms with E-state index in [1.165, 1.54) is 39.3 Å². The molecule has 0 radical (unpaired) electrons. The Labute approximate surface area is 167 Å². The van der Waals surface area contributed by atoms with Crippen molar-refractivity contribution in [2.45, 2.75) is 50.0 Å². The quantitative estimate of drug-likeness (QED) is 0.321. The number of rotatable bonds is 9. The Balaban J connectivity index is 2.50. The zero-order valence-electron chi connectivity index (χ0n) is 16.1. The Morgan fingerprint density at radius 3 is 1.80 bits per heavy atom. The first kappa shape index (κ1) is 20.8. The maximum atomic E-state index is 2.37. The summed E-state index contributed by atoms with van der Waals surface area (Å²) in [5, 5.41) is 0. The van der Waals surface area contributed by atoms with Crippen LogP contribution in [0.1, 0.15) is 49.4 Å². The molecule has 0 bridgehead atoms. The fraction of sp³-hybridized carbons (Fsp3) is 0.455. The lowest BCUT2D eigenvalue weighted by Crippen LogP contribution is -2.21. The summed E-state index contributed by atoms with van der Waals surface area (Å²) in [6.45, 7) is 11.2.